The fraction of sp³-hybridized carbons (Fsp3) is 0.103. The Kier molecular flexibility index (Phi) is 7.04. The molecule has 0 bridgehead atoms. The molecule has 0 fully saturated rings. The van der Waals surface area contributed by atoms with Crippen LogP contribution >= 0.6 is 0 Å². The van der Waals surface area contributed by atoms with Crippen LogP contribution in [0.1, 0.15) is 47.9 Å². The molecule has 0 amide bonds. The zero-order valence-corrected chi connectivity index (χ0v) is 18.7. The molecule has 0 atom stereocenters. The summed E-state index contributed by atoms with van der Waals surface area (Å²) in [5.74, 6) is -0.585. The van der Waals surface area contributed by atoms with Crippen LogP contribution in [0.3, 0.4) is 0 Å². The molecular weight excluding hydrogens is 426 g/mol. The summed E-state index contributed by atoms with van der Waals surface area (Å²) in [7, 11) is 0. The maximum atomic E-state index is 13.1. The largest absolute Gasteiger partial charge is 0.421 e. The van der Waals surface area contributed by atoms with Crippen molar-refractivity contribution >= 4 is 17.5 Å². The van der Waals surface area contributed by atoms with E-state index >= 15 is 0 Å². The van der Waals surface area contributed by atoms with E-state index in [1.54, 1.807) is 85.9 Å². The second-order valence-corrected chi connectivity index (χ2v) is 7.86. The number of carbonyl (C=O) groups excluding carboxylic acids is 3. The second-order valence-electron chi connectivity index (χ2n) is 7.86. The van der Waals surface area contributed by atoms with Crippen molar-refractivity contribution in [2.45, 2.75) is 19.8 Å². The number of nitrogens with zero attached hydrogens (tertiary/aromatic N) is 1. The highest BCUT2D eigenvalue weighted by Crippen LogP contribution is 2.29. The van der Waals surface area contributed by atoms with Gasteiger partial charge in [-0.1, -0.05) is 78.9 Å². The van der Waals surface area contributed by atoms with E-state index in [9.17, 15) is 14.4 Å². The Hall–Kier alpha value is -4.38. The third-order valence-corrected chi connectivity index (χ3v) is 5.49. The molecule has 4 aromatic rings. The van der Waals surface area contributed by atoms with Gasteiger partial charge in [0.1, 0.15) is 0 Å². The van der Waals surface area contributed by atoms with Gasteiger partial charge in [0.25, 0.3) is 0 Å². The maximum absolute atomic E-state index is 13.1. The Morgan fingerprint density at radius 3 is 1.68 bits per heavy atom. The topological polar surface area (TPSA) is 73.3 Å². The predicted molar refractivity (Wildman–Crippen MR) is 129 cm³/mol. The molecule has 0 saturated heterocycles. The molecule has 0 aliphatic rings. The van der Waals surface area contributed by atoms with Crippen LogP contribution < -0.4 is 4.74 Å². The average molecular weight is 450 g/mol. The van der Waals surface area contributed by atoms with Crippen LogP contribution in [0.15, 0.2) is 97.2 Å². The van der Waals surface area contributed by atoms with Gasteiger partial charge in [-0.3, -0.25) is 14.6 Å². The van der Waals surface area contributed by atoms with Crippen molar-refractivity contribution in [2.24, 2.45) is 0 Å². The Labute approximate surface area is 198 Å². The number of ketones is 2. The molecule has 168 valence electrons. The molecule has 1 heterocycles. The summed E-state index contributed by atoms with van der Waals surface area (Å²) in [5, 5.41) is 0. The van der Waals surface area contributed by atoms with E-state index < -0.39 is 5.97 Å². The van der Waals surface area contributed by atoms with Crippen molar-refractivity contribution in [1.29, 1.82) is 0 Å². The number of pyridine rings is 1. The number of Topliss-reactive ketones (excluding diaryl/α,β-unsaturated/α-hetero) is 2. The zero-order chi connectivity index (χ0) is 23.9. The van der Waals surface area contributed by atoms with Crippen molar-refractivity contribution in [2.75, 3.05) is 0 Å². The van der Waals surface area contributed by atoms with Crippen LogP contribution in [0.5, 0.6) is 5.75 Å². The molecule has 0 aliphatic carbocycles. The summed E-state index contributed by atoms with van der Waals surface area (Å²) in [6.07, 6.45) is 1.59. The number of aryl methyl sites for hydroxylation is 1. The minimum Gasteiger partial charge on any atom is -0.421 e. The first-order valence-electron chi connectivity index (χ1n) is 10.9. The number of aromatic nitrogens is 1. The first kappa shape index (κ1) is 22.8. The van der Waals surface area contributed by atoms with Gasteiger partial charge in [-0.15, -0.1) is 0 Å². The lowest BCUT2D eigenvalue weighted by molar-refractivity contribution is 0.0729. The molecule has 0 N–H and O–H groups in total. The lowest BCUT2D eigenvalue weighted by Crippen LogP contribution is -2.16. The Balaban J connectivity index is 1.72. The number of carbonyl (C=O) groups is 3. The van der Waals surface area contributed by atoms with Crippen LogP contribution in [0, 0.1) is 6.92 Å². The quantitative estimate of drug-likeness (QED) is 0.264. The van der Waals surface area contributed by atoms with Gasteiger partial charge in [-0.25, -0.2) is 4.79 Å². The van der Waals surface area contributed by atoms with Crippen LogP contribution in [0.25, 0.3) is 0 Å². The fourth-order valence-electron chi connectivity index (χ4n) is 3.67. The monoisotopic (exact) mass is 449 g/mol. The van der Waals surface area contributed by atoms with Gasteiger partial charge in [-0.05, 0) is 24.6 Å². The minimum atomic E-state index is -0.551. The highest BCUT2D eigenvalue weighted by Gasteiger charge is 2.22. The van der Waals surface area contributed by atoms with Crippen LogP contribution in [-0.4, -0.2) is 22.5 Å². The molecule has 0 unspecified atom stereocenters. The highest BCUT2D eigenvalue weighted by atomic mass is 16.5. The molecule has 0 radical (unpaired) electrons. The minimum absolute atomic E-state index is 0.0256. The van der Waals surface area contributed by atoms with Crippen molar-refractivity contribution in [3.8, 4) is 5.75 Å². The van der Waals surface area contributed by atoms with Crippen LogP contribution in [0.4, 0.5) is 0 Å². The highest BCUT2D eigenvalue weighted by molar-refractivity contribution is 6.00. The van der Waals surface area contributed by atoms with E-state index in [0.717, 1.165) is 0 Å². The summed E-state index contributed by atoms with van der Waals surface area (Å²) in [6, 6.07) is 26.4. The number of hydrogen-bond donors (Lipinski definition) is 0. The first-order valence-corrected chi connectivity index (χ1v) is 10.9. The van der Waals surface area contributed by atoms with Gasteiger partial charge in [0.2, 0.25) is 0 Å². The zero-order valence-electron chi connectivity index (χ0n) is 18.7. The van der Waals surface area contributed by atoms with Gasteiger partial charge in [0.05, 0.1) is 11.3 Å². The lowest BCUT2D eigenvalue weighted by Gasteiger charge is -2.16. The fourth-order valence-corrected chi connectivity index (χ4v) is 3.67. The number of ether oxygens (including phenoxy) is 1. The summed E-state index contributed by atoms with van der Waals surface area (Å²) in [6.45, 7) is 1.72. The summed E-state index contributed by atoms with van der Waals surface area (Å²) in [5.41, 5.74) is 3.00. The molecule has 1 aromatic heterocycles. The van der Waals surface area contributed by atoms with Gasteiger partial charge in [0, 0.05) is 35.7 Å². The number of benzene rings is 3. The summed E-state index contributed by atoms with van der Waals surface area (Å²) in [4.78, 5) is 43.2. The van der Waals surface area contributed by atoms with E-state index in [4.69, 9.17) is 4.74 Å². The molecule has 0 saturated carbocycles. The Morgan fingerprint density at radius 2 is 1.15 bits per heavy atom. The SMILES string of the molecule is Cc1ncc(CC(=O)c2ccccc2)c(CC(=O)c2ccccc2)c1OC(=O)c1ccccc1. The molecule has 4 rings (SSSR count). The van der Waals surface area contributed by atoms with E-state index in [1.807, 2.05) is 18.2 Å². The van der Waals surface area contributed by atoms with Crippen LogP contribution in [0.2, 0.25) is 0 Å². The smallest absolute Gasteiger partial charge is 0.343 e. The van der Waals surface area contributed by atoms with E-state index in [2.05, 4.69) is 4.98 Å². The molecular formula is C29H23NO4. The van der Waals surface area contributed by atoms with Crippen molar-refractivity contribution in [1.82, 2.24) is 4.98 Å². The number of esters is 1. The van der Waals surface area contributed by atoms with E-state index in [-0.39, 0.29) is 30.2 Å². The normalized spacial score (nSPS) is 10.5. The first-order chi connectivity index (χ1) is 16.5. The van der Waals surface area contributed by atoms with Crippen LogP contribution in [-0.2, 0) is 12.8 Å². The van der Waals surface area contributed by atoms with Crippen molar-refractivity contribution in [3.05, 3.63) is 131 Å². The summed E-state index contributed by atoms with van der Waals surface area (Å²) >= 11 is 0. The molecule has 5 nitrogen and oxygen atoms in total. The Bertz CT molecular complexity index is 1320. The lowest BCUT2D eigenvalue weighted by atomic mass is 9.94. The standard InChI is InChI=1S/C29H23NO4/c1-20-28(34-29(33)23-15-9-4-10-16-23)25(18-27(32)22-13-7-3-8-14-22)24(19-30-20)17-26(31)21-11-5-2-6-12-21/h2-16,19H,17-18H2,1H3. The molecule has 0 aliphatic heterocycles. The third kappa shape index (κ3) is 5.33. The van der Waals surface area contributed by atoms with E-state index in [0.29, 0.717) is 33.5 Å². The number of hydrogen-bond acceptors (Lipinski definition) is 5. The van der Waals surface area contributed by atoms with Gasteiger partial charge in [0.15, 0.2) is 17.3 Å². The molecule has 3 aromatic carbocycles. The third-order valence-electron chi connectivity index (χ3n) is 5.49. The summed E-state index contributed by atoms with van der Waals surface area (Å²) < 4.78 is 5.76. The van der Waals surface area contributed by atoms with Gasteiger partial charge >= 0.3 is 5.97 Å². The van der Waals surface area contributed by atoms with Crippen molar-refractivity contribution in [3.63, 3.8) is 0 Å². The predicted octanol–water partition coefficient (Wildman–Crippen LogP) is 5.46. The second kappa shape index (κ2) is 10.5. The maximum Gasteiger partial charge on any atom is 0.343 e. The van der Waals surface area contributed by atoms with Crippen molar-refractivity contribution < 1.29 is 19.1 Å². The Morgan fingerprint density at radius 1 is 0.676 bits per heavy atom. The van der Waals surface area contributed by atoms with E-state index in [1.165, 1.54) is 0 Å². The molecule has 0 spiro atoms. The average Bonchev–Trinajstić information content (AvgIpc) is 2.89. The number of rotatable bonds is 8. The van der Waals surface area contributed by atoms with Gasteiger partial charge in [-0.2, -0.15) is 0 Å². The molecule has 34 heavy (non-hydrogen) atoms. The van der Waals surface area contributed by atoms with Gasteiger partial charge < -0.3 is 4.74 Å². The molecule has 5 heteroatoms.